The van der Waals surface area contributed by atoms with Crippen molar-refractivity contribution in [2.75, 3.05) is 5.32 Å². The van der Waals surface area contributed by atoms with E-state index in [9.17, 15) is 30.4 Å². The molecule has 1 aromatic heterocycles. The maximum atomic E-state index is 14.2. The third-order valence-electron chi connectivity index (χ3n) is 5.33. The molecule has 6 nitrogen and oxygen atoms in total. The van der Waals surface area contributed by atoms with Crippen molar-refractivity contribution in [2.24, 2.45) is 5.14 Å². The Balaban J connectivity index is 1.82. The fraction of sp³-hybridized carbons (Fsp3) is 0.174. The third-order valence-corrected chi connectivity index (χ3v) is 6.26. The number of fused-ring (bicyclic) bond motifs is 1. The smallest absolute Gasteiger partial charge is 0.326 e. The van der Waals surface area contributed by atoms with Crippen molar-refractivity contribution in [3.8, 4) is 0 Å². The first-order valence-electron chi connectivity index (χ1n) is 10.2. The fourth-order valence-electron chi connectivity index (χ4n) is 3.68. The Bertz CT molecular complexity index is 1490. The summed E-state index contributed by atoms with van der Waals surface area (Å²) >= 11 is 0. The van der Waals surface area contributed by atoms with Gasteiger partial charge in [-0.15, -0.1) is 0 Å². The van der Waals surface area contributed by atoms with E-state index in [-0.39, 0.29) is 39.5 Å². The summed E-state index contributed by atoms with van der Waals surface area (Å²) in [5.74, 6) is -3.06. The molecule has 3 N–H and O–H groups in total. The van der Waals surface area contributed by atoms with E-state index in [4.69, 9.17) is 5.14 Å². The first kappa shape index (κ1) is 24.6. The second-order valence-corrected chi connectivity index (χ2v) is 9.52. The lowest BCUT2D eigenvalue weighted by atomic mass is 10.0. The number of anilines is 2. The van der Waals surface area contributed by atoms with Gasteiger partial charge in [-0.05, 0) is 48.0 Å². The van der Waals surface area contributed by atoms with Gasteiger partial charge in [0.1, 0.15) is 0 Å². The topological polar surface area (TPSA) is 90.0 Å². The third kappa shape index (κ3) is 5.28. The van der Waals surface area contributed by atoms with Crippen LogP contribution in [0.1, 0.15) is 23.6 Å². The number of sulfonamides is 1. The summed E-state index contributed by atoms with van der Waals surface area (Å²) < 4.78 is 92.6. The number of hydrogen-bond acceptors (Lipinski definition) is 4. The maximum Gasteiger partial charge on any atom is 0.416 e. The lowest BCUT2D eigenvalue weighted by molar-refractivity contribution is -0.137. The van der Waals surface area contributed by atoms with Crippen molar-refractivity contribution in [3.63, 3.8) is 0 Å². The van der Waals surface area contributed by atoms with Gasteiger partial charge >= 0.3 is 6.18 Å². The van der Waals surface area contributed by atoms with E-state index < -0.39 is 27.7 Å². The van der Waals surface area contributed by atoms with Gasteiger partial charge in [-0.2, -0.15) is 13.2 Å². The Morgan fingerprint density at radius 2 is 1.63 bits per heavy atom. The van der Waals surface area contributed by atoms with E-state index in [2.05, 4.69) is 10.3 Å². The molecule has 0 fully saturated rings. The molecule has 4 aromatic rings. The van der Waals surface area contributed by atoms with Crippen LogP contribution in [0.4, 0.5) is 33.6 Å². The number of nitrogens with zero attached hydrogens (tertiary/aromatic N) is 2. The molecule has 0 unspecified atom stereocenters. The van der Waals surface area contributed by atoms with Crippen LogP contribution < -0.4 is 10.5 Å². The van der Waals surface area contributed by atoms with Gasteiger partial charge in [0.25, 0.3) is 5.92 Å². The van der Waals surface area contributed by atoms with Gasteiger partial charge in [0.2, 0.25) is 16.0 Å². The van der Waals surface area contributed by atoms with Crippen LogP contribution in [0.15, 0.2) is 71.6 Å². The molecule has 0 spiro atoms. The highest BCUT2D eigenvalue weighted by molar-refractivity contribution is 7.89. The van der Waals surface area contributed by atoms with Gasteiger partial charge in [-0.25, -0.2) is 27.3 Å². The predicted molar refractivity (Wildman–Crippen MR) is 121 cm³/mol. The molecule has 0 aliphatic rings. The standard InChI is InChI=1S/C23H19F5N4O2S/c1-22(24,25)18-5-3-2-4-14(18)13-32-20-11-6-15(23(26,27)28)12-19(20)31-21(32)30-16-7-9-17(10-8-16)35(29,33)34/h2-12H,13H2,1H3,(H,30,31)(H2,29,33,34). The Labute approximate surface area is 197 Å². The normalized spacial score (nSPS) is 12.8. The molecule has 0 saturated carbocycles. The van der Waals surface area contributed by atoms with Crippen LogP contribution in [0.3, 0.4) is 0 Å². The van der Waals surface area contributed by atoms with E-state index in [1.54, 1.807) is 6.07 Å². The molecule has 1 heterocycles. The average Bonchev–Trinajstić information content (AvgIpc) is 3.09. The van der Waals surface area contributed by atoms with E-state index in [0.29, 0.717) is 5.69 Å². The predicted octanol–water partition coefficient (Wildman–Crippen LogP) is 5.61. The minimum Gasteiger partial charge on any atom is -0.326 e. The number of hydrogen-bond donors (Lipinski definition) is 2. The molecule has 184 valence electrons. The molecule has 0 amide bonds. The van der Waals surface area contributed by atoms with E-state index >= 15 is 0 Å². The van der Waals surface area contributed by atoms with Gasteiger partial charge < -0.3 is 9.88 Å². The zero-order chi connectivity index (χ0) is 25.6. The molecule has 3 aromatic carbocycles. The van der Waals surface area contributed by atoms with Gasteiger partial charge in [-0.1, -0.05) is 24.3 Å². The number of imidazole rings is 1. The SMILES string of the molecule is CC(F)(F)c1ccccc1Cn1c(Nc2ccc(S(N)(=O)=O)cc2)nc2cc(C(F)(F)F)ccc21. The van der Waals surface area contributed by atoms with Crippen LogP contribution in [-0.2, 0) is 28.7 Å². The van der Waals surface area contributed by atoms with Crippen LogP contribution >= 0.6 is 0 Å². The van der Waals surface area contributed by atoms with E-state index in [1.165, 1.54) is 53.1 Å². The van der Waals surface area contributed by atoms with Gasteiger partial charge in [0.15, 0.2) is 0 Å². The Morgan fingerprint density at radius 3 is 2.23 bits per heavy atom. The summed E-state index contributed by atoms with van der Waals surface area (Å²) in [6.07, 6.45) is -4.59. The van der Waals surface area contributed by atoms with Crippen molar-refractivity contribution in [1.29, 1.82) is 0 Å². The number of nitrogens with two attached hydrogens (primary N) is 1. The van der Waals surface area contributed by atoms with Gasteiger partial charge in [-0.3, -0.25) is 0 Å². The van der Waals surface area contributed by atoms with E-state index in [1.807, 2.05) is 0 Å². The number of alkyl halides is 5. The largest absolute Gasteiger partial charge is 0.416 e. The zero-order valence-electron chi connectivity index (χ0n) is 18.1. The van der Waals surface area contributed by atoms with Crippen molar-refractivity contribution in [2.45, 2.75) is 30.5 Å². The second-order valence-electron chi connectivity index (χ2n) is 7.96. The lowest BCUT2D eigenvalue weighted by Gasteiger charge is -2.18. The number of aromatic nitrogens is 2. The number of nitrogens with one attached hydrogen (secondary N) is 1. The molecular weight excluding hydrogens is 491 g/mol. The molecule has 0 atom stereocenters. The van der Waals surface area contributed by atoms with Crippen LogP contribution in [0.25, 0.3) is 11.0 Å². The van der Waals surface area contributed by atoms with E-state index in [0.717, 1.165) is 19.1 Å². The molecule has 0 saturated heterocycles. The molecule has 0 aliphatic heterocycles. The molecule has 0 bridgehead atoms. The minimum absolute atomic E-state index is 0.00391. The number of benzene rings is 3. The molecule has 4 rings (SSSR count). The Morgan fingerprint density at radius 1 is 0.971 bits per heavy atom. The minimum atomic E-state index is -4.59. The quantitative estimate of drug-likeness (QED) is 0.330. The van der Waals surface area contributed by atoms with Gasteiger partial charge in [0, 0.05) is 18.2 Å². The summed E-state index contributed by atoms with van der Waals surface area (Å²) in [7, 11) is -3.93. The van der Waals surface area contributed by atoms with Crippen LogP contribution in [0.2, 0.25) is 0 Å². The first-order valence-corrected chi connectivity index (χ1v) is 11.7. The first-order chi connectivity index (χ1) is 16.2. The summed E-state index contributed by atoms with van der Waals surface area (Å²) in [5.41, 5.74) is -0.220. The fourth-order valence-corrected chi connectivity index (χ4v) is 4.19. The number of halogens is 5. The van der Waals surface area contributed by atoms with Crippen LogP contribution in [-0.4, -0.2) is 18.0 Å². The summed E-state index contributed by atoms with van der Waals surface area (Å²) in [6.45, 7) is 0.652. The van der Waals surface area contributed by atoms with Crippen molar-refractivity contribution in [3.05, 3.63) is 83.4 Å². The zero-order valence-corrected chi connectivity index (χ0v) is 19.0. The Hall–Kier alpha value is -3.51. The van der Waals surface area contributed by atoms with Crippen LogP contribution in [0, 0.1) is 0 Å². The summed E-state index contributed by atoms with van der Waals surface area (Å²) in [5, 5.41) is 8.03. The highest BCUT2D eigenvalue weighted by Gasteiger charge is 2.32. The second kappa shape index (κ2) is 8.61. The maximum absolute atomic E-state index is 14.2. The van der Waals surface area contributed by atoms with Crippen molar-refractivity contribution in [1.82, 2.24) is 9.55 Å². The van der Waals surface area contributed by atoms with Crippen LogP contribution in [0.5, 0.6) is 0 Å². The monoisotopic (exact) mass is 510 g/mol. The summed E-state index contributed by atoms with van der Waals surface area (Å²) in [6, 6.07) is 14.2. The summed E-state index contributed by atoms with van der Waals surface area (Å²) in [4.78, 5) is 4.13. The molecular formula is C23H19F5N4O2S. The highest BCUT2D eigenvalue weighted by atomic mass is 32.2. The molecule has 35 heavy (non-hydrogen) atoms. The van der Waals surface area contributed by atoms with Gasteiger partial charge in [0.05, 0.1) is 28.0 Å². The number of rotatable bonds is 6. The van der Waals surface area contributed by atoms with Crippen molar-refractivity contribution < 1.29 is 30.4 Å². The molecule has 0 aliphatic carbocycles. The number of primary sulfonamides is 1. The average molecular weight is 510 g/mol. The molecule has 12 heteroatoms. The van der Waals surface area contributed by atoms with Crippen molar-refractivity contribution >= 4 is 32.7 Å². The molecule has 0 radical (unpaired) electrons. The lowest BCUT2D eigenvalue weighted by Crippen LogP contribution is -2.14. The highest BCUT2D eigenvalue weighted by Crippen LogP contribution is 2.35. The Kier molecular flexibility index (Phi) is 6.05.